The smallest absolute Gasteiger partial charge is 0.136 e. The van der Waals surface area contributed by atoms with Gasteiger partial charge in [0.25, 0.3) is 0 Å². The van der Waals surface area contributed by atoms with Gasteiger partial charge in [-0.1, -0.05) is 77.4 Å². The zero-order valence-corrected chi connectivity index (χ0v) is 20.5. The van der Waals surface area contributed by atoms with Crippen molar-refractivity contribution in [2.45, 2.75) is 0 Å². The fraction of sp³-hybridized carbons (Fsp3) is 0.0909. The maximum Gasteiger partial charge on any atom is 0.136 e. The minimum atomic E-state index is 0.942. The first-order chi connectivity index (χ1) is 14.2. The van der Waals surface area contributed by atoms with Gasteiger partial charge in [0.2, 0.25) is 0 Å². The van der Waals surface area contributed by atoms with Gasteiger partial charge < -0.3 is 4.42 Å². The summed E-state index contributed by atoms with van der Waals surface area (Å²) >= 11 is 11.2. The molecule has 5 rings (SSSR count). The molecule has 1 nitrogen and oxygen atoms in total. The molecule has 29 heavy (non-hydrogen) atoms. The molecule has 0 fully saturated rings. The van der Waals surface area contributed by atoms with Gasteiger partial charge in [-0.05, 0) is 47.8 Å². The number of fused-ring (bicyclic) bond motifs is 3. The maximum absolute atomic E-state index is 6.01. The molecule has 1 aromatic heterocycles. The summed E-state index contributed by atoms with van der Waals surface area (Å²) in [5, 5.41) is 4.60. The Labute approximate surface area is 195 Å². The zero-order valence-electron chi connectivity index (χ0n) is 15.6. The number of allylic oxidation sites excluding steroid dienone is 1. The van der Waals surface area contributed by atoms with Crippen LogP contribution in [-0.4, -0.2) is 12.5 Å². The second kappa shape index (κ2) is 8.81. The van der Waals surface area contributed by atoms with Crippen molar-refractivity contribution >= 4 is 98.6 Å². The van der Waals surface area contributed by atoms with Gasteiger partial charge in [0.05, 0.1) is 16.9 Å². The third kappa shape index (κ3) is 4.10. The Morgan fingerprint density at radius 3 is 2.34 bits per heavy atom. The van der Waals surface area contributed by atoms with Gasteiger partial charge in [-0.2, -0.15) is 0 Å². The SMILES string of the molecule is CSC1=C(SC)SC(=C2SC=C(/C=C/c3ccc4c(c3)oc3ccccc34)S2)S1. The first-order valence-corrected chi connectivity index (χ1v) is 14.6. The summed E-state index contributed by atoms with van der Waals surface area (Å²) in [5.74, 6) is 0. The van der Waals surface area contributed by atoms with Crippen molar-refractivity contribution in [2.75, 3.05) is 12.5 Å². The van der Waals surface area contributed by atoms with Crippen molar-refractivity contribution in [3.63, 3.8) is 0 Å². The van der Waals surface area contributed by atoms with E-state index in [1.54, 1.807) is 0 Å². The van der Waals surface area contributed by atoms with E-state index in [0.717, 1.165) is 16.7 Å². The van der Waals surface area contributed by atoms with E-state index >= 15 is 0 Å². The molecule has 0 amide bonds. The lowest BCUT2D eigenvalue weighted by molar-refractivity contribution is 0.669. The van der Waals surface area contributed by atoms with E-state index in [2.05, 4.69) is 60.4 Å². The lowest BCUT2D eigenvalue weighted by Crippen LogP contribution is -1.73. The average molecular weight is 489 g/mol. The van der Waals surface area contributed by atoms with Crippen molar-refractivity contribution in [1.82, 2.24) is 0 Å². The number of benzene rings is 2. The van der Waals surface area contributed by atoms with Crippen molar-refractivity contribution in [1.29, 1.82) is 0 Å². The van der Waals surface area contributed by atoms with Crippen LogP contribution in [0.15, 0.2) is 80.2 Å². The molecule has 2 aliphatic rings. The van der Waals surface area contributed by atoms with Gasteiger partial charge in [0.1, 0.15) is 11.2 Å². The summed E-state index contributed by atoms with van der Waals surface area (Å²) in [5.41, 5.74) is 3.04. The number of rotatable bonds is 4. The molecular weight excluding hydrogens is 473 g/mol. The van der Waals surface area contributed by atoms with Gasteiger partial charge in [-0.3, -0.25) is 0 Å². The Bertz CT molecular complexity index is 1210. The van der Waals surface area contributed by atoms with Gasteiger partial charge in [-0.15, -0.1) is 23.5 Å². The Balaban J connectivity index is 1.32. The first kappa shape index (κ1) is 20.2. The van der Waals surface area contributed by atoms with Crippen LogP contribution in [0.5, 0.6) is 0 Å². The average Bonchev–Trinajstić information content (AvgIpc) is 3.47. The molecule has 0 saturated heterocycles. The highest BCUT2D eigenvalue weighted by atomic mass is 32.3. The summed E-state index contributed by atoms with van der Waals surface area (Å²) in [7, 11) is 0. The van der Waals surface area contributed by atoms with Gasteiger partial charge in [0.15, 0.2) is 0 Å². The molecule has 3 aromatic rings. The molecule has 0 saturated carbocycles. The molecule has 146 valence electrons. The molecule has 2 aromatic carbocycles. The van der Waals surface area contributed by atoms with E-state index in [0.29, 0.717) is 0 Å². The quantitative estimate of drug-likeness (QED) is 0.358. The number of furan rings is 1. The van der Waals surface area contributed by atoms with E-state index in [9.17, 15) is 0 Å². The van der Waals surface area contributed by atoms with Gasteiger partial charge >= 0.3 is 0 Å². The third-order valence-electron chi connectivity index (χ3n) is 4.41. The normalized spacial score (nSPS) is 17.5. The molecule has 0 atom stereocenters. The second-order valence-corrected chi connectivity index (χ2v) is 12.9. The van der Waals surface area contributed by atoms with Crippen LogP contribution in [0, 0.1) is 0 Å². The highest BCUT2D eigenvalue weighted by Crippen LogP contribution is 2.61. The summed E-state index contributed by atoms with van der Waals surface area (Å²) in [6.45, 7) is 0. The van der Waals surface area contributed by atoms with E-state index in [-0.39, 0.29) is 0 Å². The predicted octanol–water partition coefficient (Wildman–Crippen LogP) is 9.38. The standard InChI is InChI=1S/C22H16OS6/c1-24-19-20(25-2)29-22(28-19)21-26-12-14(27-21)9-7-13-8-10-16-15-5-3-4-6-17(15)23-18(16)11-13/h3-12H,1-2H3/b9-7+. The lowest BCUT2D eigenvalue weighted by atomic mass is 10.1. The molecular formula is C22H16OS6. The minimum absolute atomic E-state index is 0.942. The van der Waals surface area contributed by atoms with Crippen molar-refractivity contribution in [3.8, 4) is 0 Å². The minimum Gasteiger partial charge on any atom is -0.456 e. The topological polar surface area (TPSA) is 13.1 Å². The molecule has 0 N–H and O–H groups in total. The van der Waals surface area contributed by atoms with Crippen molar-refractivity contribution in [2.24, 2.45) is 0 Å². The summed E-state index contributed by atoms with van der Waals surface area (Å²) in [6.07, 6.45) is 8.70. The molecule has 2 aliphatic heterocycles. The molecule has 0 spiro atoms. The largest absolute Gasteiger partial charge is 0.456 e. The Morgan fingerprint density at radius 1 is 0.793 bits per heavy atom. The fourth-order valence-electron chi connectivity index (χ4n) is 3.06. The highest BCUT2D eigenvalue weighted by Gasteiger charge is 2.25. The first-order valence-electron chi connectivity index (χ1n) is 8.81. The lowest BCUT2D eigenvalue weighted by Gasteiger charge is -2.01. The Morgan fingerprint density at radius 2 is 1.55 bits per heavy atom. The summed E-state index contributed by atoms with van der Waals surface area (Å²) in [4.78, 5) is 1.28. The summed E-state index contributed by atoms with van der Waals surface area (Å²) in [6, 6.07) is 14.7. The molecule has 7 heteroatoms. The molecule has 0 aliphatic carbocycles. The highest BCUT2D eigenvalue weighted by molar-refractivity contribution is 8.42. The Hall–Kier alpha value is -0.700. The molecule has 0 radical (unpaired) electrons. The number of hydrogen-bond acceptors (Lipinski definition) is 7. The Kier molecular flexibility index (Phi) is 6.14. The van der Waals surface area contributed by atoms with Crippen LogP contribution in [0.1, 0.15) is 5.56 Å². The molecule has 3 heterocycles. The van der Waals surface area contributed by atoms with Gasteiger partial charge in [0, 0.05) is 15.7 Å². The van der Waals surface area contributed by atoms with Crippen LogP contribution in [0.25, 0.3) is 28.0 Å². The zero-order chi connectivity index (χ0) is 19.8. The second-order valence-electron chi connectivity index (χ2n) is 6.19. The monoisotopic (exact) mass is 488 g/mol. The van der Waals surface area contributed by atoms with E-state index in [4.69, 9.17) is 4.42 Å². The molecule has 0 bridgehead atoms. The third-order valence-corrected chi connectivity index (χ3v) is 12.5. The molecule has 0 unspecified atom stereocenters. The fourth-order valence-corrected chi connectivity index (χ4v) is 10.5. The van der Waals surface area contributed by atoms with Crippen molar-refractivity contribution < 1.29 is 4.42 Å². The van der Waals surface area contributed by atoms with Crippen LogP contribution in [0.4, 0.5) is 0 Å². The van der Waals surface area contributed by atoms with Crippen molar-refractivity contribution in [3.05, 3.63) is 81.4 Å². The van der Waals surface area contributed by atoms with Crippen LogP contribution in [0.2, 0.25) is 0 Å². The van der Waals surface area contributed by atoms with E-state index in [1.807, 2.05) is 82.7 Å². The summed E-state index contributed by atoms with van der Waals surface area (Å²) < 4.78 is 11.7. The van der Waals surface area contributed by atoms with E-state index in [1.165, 1.54) is 32.6 Å². The predicted molar refractivity (Wildman–Crippen MR) is 142 cm³/mol. The number of thioether (sulfide) groups is 6. The number of para-hydroxylation sites is 1. The van der Waals surface area contributed by atoms with Crippen LogP contribution in [0.3, 0.4) is 0 Å². The van der Waals surface area contributed by atoms with Crippen LogP contribution < -0.4 is 0 Å². The van der Waals surface area contributed by atoms with Crippen LogP contribution >= 0.6 is 70.6 Å². The number of hydrogen-bond donors (Lipinski definition) is 0. The van der Waals surface area contributed by atoms with Gasteiger partial charge in [-0.25, -0.2) is 0 Å². The van der Waals surface area contributed by atoms with E-state index < -0.39 is 0 Å². The maximum atomic E-state index is 6.01. The van der Waals surface area contributed by atoms with Crippen LogP contribution in [-0.2, 0) is 0 Å².